The Kier molecular flexibility index (Phi) is 7.51. The summed E-state index contributed by atoms with van der Waals surface area (Å²) in [6, 6.07) is 8.60. The largest absolute Gasteiger partial charge is 0.383 e. The maximum atomic E-state index is 5.54. The predicted octanol–water partition coefficient (Wildman–Crippen LogP) is 4.26. The molecule has 0 aliphatic rings. The molecule has 0 radical (unpaired) electrons. The summed E-state index contributed by atoms with van der Waals surface area (Å²) >= 11 is 0. The van der Waals surface area contributed by atoms with Crippen LogP contribution in [-0.4, -0.2) is 19.3 Å². The van der Waals surface area contributed by atoms with E-state index in [9.17, 15) is 0 Å². The van der Waals surface area contributed by atoms with Gasteiger partial charge in [0.2, 0.25) is 0 Å². The Morgan fingerprint density at radius 1 is 1.17 bits per heavy atom. The van der Waals surface area contributed by atoms with Gasteiger partial charge >= 0.3 is 0 Å². The number of ether oxygens (including phenoxy) is 1. The molecule has 0 heterocycles. The first-order valence-electron chi connectivity index (χ1n) is 7.17. The molecule has 102 valence electrons. The van der Waals surface area contributed by atoms with Crippen LogP contribution in [0.1, 0.15) is 45.6 Å². The first-order chi connectivity index (χ1) is 8.74. The predicted molar refractivity (Wildman–Crippen MR) is 79.2 cm³/mol. The lowest BCUT2D eigenvalue weighted by Gasteiger charge is -2.13. The summed E-state index contributed by atoms with van der Waals surface area (Å²) < 4.78 is 5.54. The maximum Gasteiger partial charge on any atom is 0.0642 e. The highest BCUT2D eigenvalue weighted by atomic mass is 16.5. The normalized spacial score (nSPS) is 10.9. The van der Waals surface area contributed by atoms with Gasteiger partial charge in [-0.3, -0.25) is 0 Å². The van der Waals surface area contributed by atoms with Crippen molar-refractivity contribution < 1.29 is 4.74 Å². The molecule has 2 heteroatoms. The zero-order valence-corrected chi connectivity index (χ0v) is 12.0. The molecule has 1 aromatic carbocycles. The molecule has 1 aromatic rings. The van der Waals surface area contributed by atoms with E-state index in [0.717, 1.165) is 13.2 Å². The molecule has 18 heavy (non-hydrogen) atoms. The topological polar surface area (TPSA) is 21.3 Å². The van der Waals surface area contributed by atoms with Gasteiger partial charge in [0.05, 0.1) is 12.7 Å². The monoisotopic (exact) mass is 249 g/mol. The molecule has 0 aliphatic heterocycles. The fourth-order valence-corrected chi connectivity index (χ4v) is 1.96. The molecule has 0 saturated carbocycles. The summed E-state index contributed by atoms with van der Waals surface area (Å²) in [4.78, 5) is 0. The van der Waals surface area contributed by atoms with E-state index in [2.05, 4.69) is 50.4 Å². The van der Waals surface area contributed by atoms with Crippen molar-refractivity contribution in [1.82, 2.24) is 0 Å². The van der Waals surface area contributed by atoms with E-state index in [1.165, 1.54) is 36.9 Å². The number of rotatable bonds is 9. The average molecular weight is 249 g/mol. The van der Waals surface area contributed by atoms with Crippen LogP contribution in [0.5, 0.6) is 0 Å². The lowest BCUT2D eigenvalue weighted by molar-refractivity contribution is 0.0870. The van der Waals surface area contributed by atoms with Crippen molar-refractivity contribution in [2.45, 2.75) is 52.6 Å². The minimum atomic E-state index is 0.312. The number of anilines is 1. The zero-order valence-electron chi connectivity index (χ0n) is 12.0. The lowest BCUT2D eigenvalue weighted by Crippen LogP contribution is -2.14. The average Bonchev–Trinajstić information content (AvgIpc) is 2.36. The Bertz CT molecular complexity index is 323. The number of aryl methyl sites for hydroxylation is 1. The third kappa shape index (κ3) is 6.06. The number of nitrogens with one attached hydrogen (secondary N) is 1. The van der Waals surface area contributed by atoms with Crippen molar-refractivity contribution in [2.75, 3.05) is 18.5 Å². The van der Waals surface area contributed by atoms with Crippen LogP contribution in [0.3, 0.4) is 0 Å². The van der Waals surface area contributed by atoms with Crippen molar-refractivity contribution in [3.63, 3.8) is 0 Å². The highest BCUT2D eigenvalue weighted by Gasteiger charge is 2.01. The van der Waals surface area contributed by atoms with Crippen LogP contribution in [0.2, 0.25) is 0 Å². The van der Waals surface area contributed by atoms with Gasteiger partial charge in [0.1, 0.15) is 0 Å². The second-order valence-electron chi connectivity index (χ2n) is 4.96. The SMILES string of the molecule is CCCCCc1ccccc1NCCOC(C)C. The molecule has 1 rings (SSSR count). The van der Waals surface area contributed by atoms with Crippen molar-refractivity contribution in [1.29, 1.82) is 0 Å². The third-order valence-electron chi connectivity index (χ3n) is 2.94. The van der Waals surface area contributed by atoms with E-state index < -0.39 is 0 Å². The first kappa shape index (κ1) is 15.0. The number of hydrogen-bond donors (Lipinski definition) is 1. The van der Waals surface area contributed by atoms with Crippen LogP contribution in [-0.2, 0) is 11.2 Å². The van der Waals surface area contributed by atoms with E-state index in [-0.39, 0.29) is 0 Å². The van der Waals surface area contributed by atoms with E-state index in [0.29, 0.717) is 6.10 Å². The maximum absolute atomic E-state index is 5.54. The smallest absolute Gasteiger partial charge is 0.0642 e. The van der Waals surface area contributed by atoms with Crippen LogP contribution in [0.15, 0.2) is 24.3 Å². The van der Waals surface area contributed by atoms with Crippen LogP contribution < -0.4 is 5.32 Å². The molecule has 0 atom stereocenters. The van der Waals surface area contributed by atoms with Gasteiger partial charge in [-0.05, 0) is 38.3 Å². The van der Waals surface area contributed by atoms with Gasteiger partial charge in [0, 0.05) is 12.2 Å². The lowest BCUT2D eigenvalue weighted by atomic mass is 10.1. The molecule has 0 spiro atoms. The van der Waals surface area contributed by atoms with Gasteiger partial charge in [0.25, 0.3) is 0 Å². The summed E-state index contributed by atoms with van der Waals surface area (Å²) in [6.07, 6.45) is 5.34. The van der Waals surface area contributed by atoms with E-state index in [1.54, 1.807) is 0 Å². The Hall–Kier alpha value is -1.02. The molecule has 2 nitrogen and oxygen atoms in total. The van der Waals surface area contributed by atoms with Crippen LogP contribution in [0.25, 0.3) is 0 Å². The third-order valence-corrected chi connectivity index (χ3v) is 2.94. The Balaban J connectivity index is 2.38. The molecule has 0 unspecified atom stereocenters. The molecular formula is C16H27NO. The molecule has 0 fully saturated rings. The van der Waals surface area contributed by atoms with E-state index in [4.69, 9.17) is 4.74 Å². The van der Waals surface area contributed by atoms with Crippen molar-refractivity contribution >= 4 is 5.69 Å². The van der Waals surface area contributed by atoms with E-state index in [1.807, 2.05) is 0 Å². The van der Waals surface area contributed by atoms with Gasteiger partial charge in [-0.15, -0.1) is 0 Å². The van der Waals surface area contributed by atoms with Crippen LogP contribution >= 0.6 is 0 Å². The van der Waals surface area contributed by atoms with Gasteiger partial charge in [0.15, 0.2) is 0 Å². The van der Waals surface area contributed by atoms with E-state index >= 15 is 0 Å². The van der Waals surface area contributed by atoms with Gasteiger partial charge in [-0.25, -0.2) is 0 Å². The number of unbranched alkanes of at least 4 members (excludes halogenated alkanes) is 2. The second kappa shape index (κ2) is 8.98. The Morgan fingerprint density at radius 3 is 2.67 bits per heavy atom. The second-order valence-corrected chi connectivity index (χ2v) is 4.96. The minimum Gasteiger partial charge on any atom is -0.383 e. The Morgan fingerprint density at radius 2 is 1.94 bits per heavy atom. The van der Waals surface area contributed by atoms with Crippen molar-refractivity contribution in [3.05, 3.63) is 29.8 Å². The summed E-state index contributed by atoms with van der Waals surface area (Å²) in [6.45, 7) is 8.02. The molecule has 0 saturated heterocycles. The number of benzene rings is 1. The van der Waals surface area contributed by atoms with Crippen molar-refractivity contribution in [3.8, 4) is 0 Å². The van der Waals surface area contributed by atoms with Crippen molar-refractivity contribution in [2.24, 2.45) is 0 Å². The first-order valence-corrected chi connectivity index (χ1v) is 7.17. The quantitative estimate of drug-likeness (QED) is 0.660. The summed E-state index contributed by atoms with van der Waals surface area (Å²) in [5, 5.41) is 3.47. The number of para-hydroxylation sites is 1. The summed E-state index contributed by atoms with van der Waals surface area (Å²) in [5.74, 6) is 0. The standard InChI is InChI=1S/C16H27NO/c1-4-5-6-9-15-10-7-8-11-16(15)17-12-13-18-14(2)3/h7-8,10-11,14,17H,4-6,9,12-13H2,1-3H3. The van der Waals surface area contributed by atoms with Gasteiger partial charge < -0.3 is 10.1 Å². The fourth-order valence-electron chi connectivity index (χ4n) is 1.96. The van der Waals surface area contributed by atoms with Crippen LogP contribution in [0.4, 0.5) is 5.69 Å². The zero-order chi connectivity index (χ0) is 13.2. The van der Waals surface area contributed by atoms with Crippen LogP contribution in [0, 0.1) is 0 Å². The van der Waals surface area contributed by atoms with Gasteiger partial charge in [-0.2, -0.15) is 0 Å². The highest BCUT2D eigenvalue weighted by Crippen LogP contribution is 2.17. The molecule has 0 aromatic heterocycles. The molecule has 0 bridgehead atoms. The summed E-state index contributed by atoms with van der Waals surface area (Å²) in [5.41, 5.74) is 2.69. The summed E-state index contributed by atoms with van der Waals surface area (Å²) in [7, 11) is 0. The fraction of sp³-hybridized carbons (Fsp3) is 0.625. The Labute approximate surface area is 112 Å². The molecule has 0 aliphatic carbocycles. The minimum absolute atomic E-state index is 0.312. The molecular weight excluding hydrogens is 222 g/mol. The highest BCUT2D eigenvalue weighted by molar-refractivity contribution is 5.51. The van der Waals surface area contributed by atoms with Gasteiger partial charge in [-0.1, -0.05) is 38.0 Å². The number of hydrogen-bond acceptors (Lipinski definition) is 2. The molecule has 0 amide bonds. The molecule has 1 N–H and O–H groups in total.